The van der Waals surface area contributed by atoms with Gasteiger partial charge in [0.2, 0.25) is 0 Å². The van der Waals surface area contributed by atoms with Gasteiger partial charge in [-0.1, -0.05) is 36.4 Å². The maximum absolute atomic E-state index is 10.6. The van der Waals surface area contributed by atoms with Crippen LogP contribution in [0.25, 0.3) is 0 Å². The smallest absolute Gasteiger partial charge is 0.414 e. The molecule has 94 valence electrons. The Balaban J connectivity index is 2.19. The number of rotatable bonds is 3. The van der Waals surface area contributed by atoms with Gasteiger partial charge in [-0.15, -0.1) is 0 Å². The van der Waals surface area contributed by atoms with Crippen molar-refractivity contribution in [2.45, 2.75) is 36.8 Å². The maximum Gasteiger partial charge on any atom is 0.414 e. The first kappa shape index (κ1) is 12.6. The van der Waals surface area contributed by atoms with Crippen molar-refractivity contribution in [1.82, 2.24) is 9.55 Å². The molecule has 0 bridgehead atoms. The zero-order chi connectivity index (χ0) is 12.6. The van der Waals surface area contributed by atoms with Crippen molar-refractivity contribution in [1.29, 1.82) is 0 Å². The molecule has 2 atom stereocenters. The van der Waals surface area contributed by atoms with Crippen LogP contribution in [-0.4, -0.2) is 24.5 Å². The number of aromatic nitrogens is 2. The summed E-state index contributed by atoms with van der Waals surface area (Å²) < 4.78 is 7.76. The van der Waals surface area contributed by atoms with E-state index in [4.69, 9.17) is 4.74 Å². The van der Waals surface area contributed by atoms with Crippen LogP contribution in [0.2, 0.25) is 0 Å². The quantitative estimate of drug-likeness (QED) is 0.363. The fourth-order valence-electron chi connectivity index (χ4n) is 1.87. The van der Waals surface area contributed by atoms with E-state index in [1.807, 2.05) is 0 Å². The highest BCUT2D eigenvalue weighted by Gasteiger charge is 2.33. The van der Waals surface area contributed by atoms with Crippen LogP contribution in [0.15, 0.2) is 6.20 Å². The molecule has 0 aliphatic carbocycles. The summed E-state index contributed by atoms with van der Waals surface area (Å²) in [5.41, 5.74) is 0. The first-order valence-corrected chi connectivity index (χ1v) is 6.74. The minimum absolute atomic E-state index is 0.0881. The third kappa shape index (κ3) is 2.70. The first-order chi connectivity index (χ1) is 7.97. The number of halogens is 1. The van der Waals surface area contributed by atoms with Gasteiger partial charge in [0.15, 0.2) is 0 Å². The summed E-state index contributed by atoms with van der Waals surface area (Å²) in [4.78, 5) is 14.0. The average Bonchev–Trinajstić information content (AvgIpc) is 2.60. The number of imidazole rings is 1. The number of ether oxygens (including phenoxy) is 1. The Morgan fingerprint density at radius 3 is 3.06 bits per heavy atom. The molecule has 0 radical (unpaired) electrons. The molecule has 0 saturated heterocycles. The van der Waals surface area contributed by atoms with E-state index in [0.29, 0.717) is 22.4 Å². The van der Waals surface area contributed by atoms with Gasteiger partial charge in [0.05, 0.1) is 3.92 Å². The van der Waals surface area contributed by atoms with E-state index in [2.05, 4.69) is 41.4 Å². The van der Waals surface area contributed by atoms with E-state index in [1.54, 1.807) is 4.57 Å². The zero-order valence-corrected chi connectivity index (χ0v) is 11.8. The van der Waals surface area contributed by atoms with E-state index in [-0.39, 0.29) is 11.9 Å². The van der Waals surface area contributed by atoms with Gasteiger partial charge in [-0.3, -0.25) is 4.57 Å². The highest BCUT2D eigenvalue weighted by Crippen LogP contribution is 2.30. The Morgan fingerprint density at radius 2 is 2.47 bits per heavy atom. The Labute approximate surface area is 113 Å². The van der Waals surface area contributed by atoms with Gasteiger partial charge in [0, 0.05) is 11.5 Å². The Bertz CT molecular complexity index is 432. The molecule has 6 nitrogen and oxygen atoms in total. The van der Waals surface area contributed by atoms with Crippen molar-refractivity contribution < 1.29 is 9.66 Å². The van der Waals surface area contributed by atoms with Gasteiger partial charge >= 0.3 is 11.8 Å². The number of hydrogen-bond donors (Lipinski definition) is 0. The summed E-state index contributed by atoms with van der Waals surface area (Å²) in [7, 11) is 0. The lowest BCUT2D eigenvalue weighted by molar-refractivity contribution is -0.389. The van der Waals surface area contributed by atoms with Crippen LogP contribution >= 0.6 is 22.6 Å². The summed E-state index contributed by atoms with van der Waals surface area (Å²) in [6.45, 7) is 4.99. The summed E-state index contributed by atoms with van der Waals surface area (Å²) in [6, 6.07) is 0.371. The zero-order valence-electron chi connectivity index (χ0n) is 9.67. The first-order valence-electron chi connectivity index (χ1n) is 5.49. The summed E-state index contributed by atoms with van der Waals surface area (Å²) in [5, 5.41) is 10.6. The number of alkyl halides is 1. The molecule has 1 aliphatic rings. The van der Waals surface area contributed by atoms with Crippen LogP contribution in [0, 0.1) is 16.0 Å². The molecule has 1 aliphatic heterocycles. The second-order valence-electron chi connectivity index (χ2n) is 4.59. The van der Waals surface area contributed by atoms with Gasteiger partial charge in [0.25, 0.3) is 0 Å². The number of nitrogens with zero attached hydrogens (tertiary/aromatic N) is 3. The molecule has 0 fully saturated rings. The molecule has 1 unspecified atom stereocenters. The standard InChI is InChI=1S/C10H14IN3O3/c1-6(2)3-8-7(11)4-13-5-9(14(15)16)12-10(13)17-8/h5-8H,3-4H2,1-2H3/t7?,8-/m0/s1. The molecule has 0 N–H and O–H groups in total. The van der Waals surface area contributed by atoms with E-state index >= 15 is 0 Å². The van der Waals surface area contributed by atoms with E-state index in [9.17, 15) is 10.1 Å². The Kier molecular flexibility index (Phi) is 3.55. The summed E-state index contributed by atoms with van der Waals surface area (Å²) in [5.74, 6) is 0.391. The van der Waals surface area contributed by atoms with Crippen LogP contribution in [-0.2, 0) is 6.54 Å². The van der Waals surface area contributed by atoms with E-state index < -0.39 is 4.92 Å². The van der Waals surface area contributed by atoms with Crippen molar-refractivity contribution in [2.75, 3.05) is 0 Å². The third-order valence-electron chi connectivity index (χ3n) is 2.65. The fourth-order valence-corrected chi connectivity index (χ4v) is 2.74. The number of nitro groups is 1. The minimum Gasteiger partial charge on any atom is -0.441 e. The molecule has 17 heavy (non-hydrogen) atoms. The van der Waals surface area contributed by atoms with Gasteiger partial charge in [-0.05, 0) is 17.3 Å². The Morgan fingerprint density at radius 1 is 1.76 bits per heavy atom. The molecule has 0 aromatic carbocycles. The second kappa shape index (κ2) is 4.79. The minimum atomic E-state index is -0.492. The fraction of sp³-hybridized carbons (Fsp3) is 0.700. The topological polar surface area (TPSA) is 70.2 Å². The van der Waals surface area contributed by atoms with Gasteiger partial charge < -0.3 is 14.9 Å². The van der Waals surface area contributed by atoms with Crippen LogP contribution in [0.4, 0.5) is 5.82 Å². The van der Waals surface area contributed by atoms with Crippen molar-refractivity contribution in [3.8, 4) is 6.01 Å². The lowest BCUT2D eigenvalue weighted by atomic mass is 10.0. The molecule has 7 heteroatoms. The van der Waals surface area contributed by atoms with E-state index in [1.165, 1.54) is 6.20 Å². The van der Waals surface area contributed by atoms with Crippen LogP contribution in [0.5, 0.6) is 6.01 Å². The van der Waals surface area contributed by atoms with Gasteiger partial charge in [-0.2, -0.15) is 0 Å². The lowest BCUT2D eigenvalue weighted by Crippen LogP contribution is -2.37. The monoisotopic (exact) mass is 351 g/mol. The molecule has 1 aromatic heterocycles. The molecular formula is C10H14IN3O3. The second-order valence-corrected chi connectivity index (χ2v) is 6.19. The molecule has 2 rings (SSSR count). The Hall–Kier alpha value is -0.860. The van der Waals surface area contributed by atoms with Gasteiger partial charge in [0.1, 0.15) is 12.3 Å². The third-order valence-corrected chi connectivity index (χ3v) is 3.85. The SMILES string of the molecule is CC(C)C[C@@H]1Oc2nc([N+](=O)[O-])cn2CC1I. The van der Waals surface area contributed by atoms with Crippen LogP contribution < -0.4 is 4.74 Å². The van der Waals surface area contributed by atoms with Crippen molar-refractivity contribution in [3.05, 3.63) is 16.3 Å². The lowest BCUT2D eigenvalue weighted by Gasteiger charge is -2.28. The highest BCUT2D eigenvalue weighted by atomic mass is 127. The number of fused-ring (bicyclic) bond motifs is 1. The predicted molar refractivity (Wildman–Crippen MR) is 70.6 cm³/mol. The number of hydrogen-bond acceptors (Lipinski definition) is 4. The summed E-state index contributed by atoms with van der Waals surface area (Å²) >= 11 is 2.33. The largest absolute Gasteiger partial charge is 0.441 e. The predicted octanol–water partition coefficient (Wildman–Crippen LogP) is 2.40. The highest BCUT2D eigenvalue weighted by molar-refractivity contribution is 14.1. The van der Waals surface area contributed by atoms with Crippen molar-refractivity contribution >= 4 is 28.4 Å². The van der Waals surface area contributed by atoms with Crippen molar-refractivity contribution in [3.63, 3.8) is 0 Å². The molecular weight excluding hydrogens is 337 g/mol. The molecule has 0 spiro atoms. The molecule has 2 heterocycles. The molecule has 1 aromatic rings. The summed E-state index contributed by atoms with van der Waals surface area (Å²) in [6.07, 6.45) is 2.46. The van der Waals surface area contributed by atoms with Crippen molar-refractivity contribution in [2.24, 2.45) is 5.92 Å². The van der Waals surface area contributed by atoms with Crippen LogP contribution in [0.1, 0.15) is 20.3 Å². The maximum atomic E-state index is 10.6. The van der Waals surface area contributed by atoms with Gasteiger partial charge in [-0.25, -0.2) is 0 Å². The van der Waals surface area contributed by atoms with Crippen LogP contribution in [0.3, 0.4) is 0 Å². The van der Waals surface area contributed by atoms with E-state index in [0.717, 1.165) is 6.42 Å². The molecule has 0 saturated carbocycles. The average molecular weight is 351 g/mol. The normalized spacial score (nSPS) is 23.3. The molecule has 0 amide bonds.